The number of rotatable bonds is 6. The second kappa shape index (κ2) is 9.44. The van der Waals surface area contributed by atoms with Crippen LogP contribution in [0.5, 0.6) is 5.75 Å². The number of hydrogen-bond acceptors (Lipinski definition) is 5. The fourth-order valence-electron chi connectivity index (χ4n) is 4.58. The van der Waals surface area contributed by atoms with E-state index in [2.05, 4.69) is 19.2 Å². The summed E-state index contributed by atoms with van der Waals surface area (Å²) in [5, 5.41) is 3.94. The lowest BCUT2D eigenvalue weighted by Crippen LogP contribution is -2.38. The number of hydrogen-bond donors (Lipinski definition) is 1. The Labute approximate surface area is 199 Å². The Kier molecular flexibility index (Phi) is 6.61. The van der Waals surface area contributed by atoms with Crippen LogP contribution >= 0.6 is 11.6 Å². The van der Waals surface area contributed by atoms with Gasteiger partial charge in [0.2, 0.25) is 0 Å². The smallest absolute Gasteiger partial charge is 0.336 e. The molecule has 0 spiro atoms. The minimum Gasteiger partial charge on any atom is -0.490 e. The third-order valence-corrected chi connectivity index (χ3v) is 6.24. The number of ketones is 1. The molecule has 1 heterocycles. The van der Waals surface area contributed by atoms with Gasteiger partial charge in [-0.2, -0.15) is 0 Å². The summed E-state index contributed by atoms with van der Waals surface area (Å²) in [6, 6.07) is 16.7. The summed E-state index contributed by atoms with van der Waals surface area (Å²) in [6.07, 6.45) is 1.17. The van der Waals surface area contributed by atoms with Crippen LogP contribution < -0.4 is 10.1 Å². The van der Waals surface area contributed by atoms with Gasteiger partial charge in [-0.15, -0.1) is 0 Å². The zero-order valence-corrected chi connectivity index (χ0v) is 19.9. The number of nitrogens with one attached hydrogen (secondary N) is 1. The first-order valence-electron chi connectivity index (χ1n) is 11.1. The first-order chi connectivity index (χ1) is 15.7. The molecule has 0 aromatic heterocycles. The monoisotopic (exact) mass is 465 g/mol. The van der Waals surface area contributed by atoms with Crippen molar-refractivity contribution < 1.29 is 19.1 Å². The van der Waals surface area contributed by atoms with Gasteiger partial charge in [0.1, 0.15) is 19.0 Å². The quantitative estimate of drug-likeness (QED) is 0.446. The van der Waals surface area contributed by atoms with Gasteiger partial charge < -0.3 is 14.8 Å². The molecular formula is C27H28ClNO4. The molecule has 5 nitrogen and oxygen atoms in total. The molecule has 0 saturated heterocycles. The normalized spacial score (nSPS) is 19.6. The average molecular weight is 466 g/mol. The predicted molar refractivity (Wildman–Crippen MR) is 128 cm³/mol. The maximum atomic E-state index is 13.3. The molecule has 2 aromatic rings. The number of dihydropyridines is 1. The van der Waals surface area contributed by atoms with Gasteiger partial charge in [-0.25, -0.2) is 4.79 Å². The van der Waals surface area contributed by atoms with Gasteiger partial charge >= 0.3 is 5.97 Å². The summed E-state index contributed by atoms with van der Waals surface area (Å²) in [5.74, 6) is -0.183. The number of halogens is 1. The SMILES string of the molecule is CC1=C(C(=O)OCCOc2ccccc2)[C@@H](c2ccc(Cl)cc2)C2=C(CC(C)(C)CC2=O)N1. The highest BCUT2D eigenvalue weighted by molar-refractivity contribution is 6.30. The third kappa shape index (κ3) is 5.14. The molecule has 172 valence electrons. The Morgan fingerprint density at radius 3 is 2.45 bits per heavy atom. The number of para-hydroxylation sites is 1. The highest BCUT2D eigenvalue weighted by atomic mass is 35.5. The van der Waals surface area contributed by atoms with Crippen LogP contribution in [0, 0.1) is 5.41 Å². The van der Waals surface area contributed by atoms with E-state index in [-0.39, 0.29) is 24.4 Å². The molecule has 0 saturated carbocycles. The Bertz CT molecular complexity index is 1120. The largest absolute Gasteiger partial charge is 0.490 e. The lowest BCUT2D eigenvalue weighted by atomic mass is 9.68. The third-order valence-electron chi connectivity index (χ3n) is 5.99. The van der Waals surface area contributed by atoms with Crippen molar-refractivity contribution in [3.8, 4) is 5.75 Å². The summed E-state index contributed by atoms with van der Waals surface area (Å²) < 4.78 is 11.2. The van der Waals surface area contributed by atoms with Crippen LogP contribution in [0.25, 0.3) is 0 Å². The number of benzene rings is 2. The van der Waals surface area contributed by atoms with Crippen molar-refractivity contribution in [2.24, 2.45) is 5.41 Å². The van der Waals surface area contributed by atoms with Gasteiger partial charge in [0.25, 0.3) is 0 Å². The summed E-state index contributed by atoms with van der Waals surface area (Å²) in [4.78, 5) is 26.5. The van der Waals surface area contributed by atoms with Crippen LogP contribution in [0.2, 0.25) is 5.02 Å². The molecule has 1 atom stereocenters. The van der Waals surface area contributed by atoms with E-state index in [4.69, 9.17) is 21.1 Å². The van der Waals surface area contributed by atoms with E-state index in [9.17, 15) is 9.59 Å². The van der Waals surface area contributed by atoms with Gasteiger partial charge in [-0.1, -0.05) is 55.8 Å². The Balaban J connectivity index is 1.59. The van der Waals surface area contributed by atoms with E-state index in [1.807, 2.05) is 49.4 Å². The number of esters is 1. The van der Waals surface area contributed by atoms with Crippen LogP contribution in [0.15, 0.2) is 77.1 Å². The van der Waals surface area contributed by atoms with Crippen LogP contribution in [0.1, 0.15) is 45.1 Å². The molecule has 1 N–H and O–H groups in total. The van der Waals surface area contributed by atoms with Gasteiger partial charge in [-0.05, 0) is 48.6 Å². The second-order valence-electron chi connectivity index (χ2n) is 9.28. The number of ether oxygens (including phenoxy) is 2. The lowest BCUT2D eigenvalue weighted by Gasteiger charge is -2.39. The molecule has 6 heteroatoms. The highest BCUT2D eigenvalue weighted by Gasteiger charge is 2.43. The van der Waals surface area contributed by atoms with Gasteiger partial charge in [-0.3, -0.25) is 4.79 Å². The van der Waals surface area contributed by atoms with Crippen LogP contribution in [0.4, 0.5) is 0 Å². The van der Waals surface area contributed by atoms with Crippen molar-refractivity contribution >= 4 is 23.4 Å². The lowest BCUT2D eigenvalue weighted by molar-refractivity contribution is -0.140. The van der Waals surface area contributed by atoms with Gasteiger partial charge in [0.05, 0.1) is 5.57 Å². The van der Waals surface area contributed by atoms with E-state index in [1.165, 1.54) is 0 Å². The first kappa shape index (κ1) is 23.1. The molecule has 0 amide bonds. The van der Waals surface area contributed by atoms with E-state index in [0.29, 0.717) is 34.0 Å². The van der Waals surface area contributed by atoms with E-state index in [1.54, 1.807) is 12.1 Å². The van der Waals surface area contributed by atoms with Crippen molar-refractivity contribution in [2.75, 3.05) is 13.2 Å². The zero-order chi connectivity index (χ0) is 23.6. The molecule has 0 fully saturated rings. The van der Waals surface area contributed by atoms with Gasteiger partial charge in [0.15, 0.2) is 5.78 Å². The van der Waals surface area contributed by atoms with Crippen molar-refractivity contribution in [1.82, 2.24) is 5.32 Å². The molecule has 0 radical (unpaired) electrons. The Morgan fingerprint density at radius 1 is 1.06 bits per heavy atom. The van der Waals surface area contributed by atoms with Crippen LogP contribution in [-0.2, 0) is 14.3 Å². The van der Waals surface area contributed by atoms with Crippen molar-refractivity contribution in [3.63, 3.8) is 0 Å². The number of carbonyl (C=O) groups is 2. The molecule has 4 rings (SSSR count). The standard InChI is InChI=1S/C27H28ClNO4/c1-17-23(26(31)33-14-13-32-20-7-5-4-6-8-20)24(18-9-11-19(28)12-10-18)25-21(29-17)15-27(2,3)16-22(25)30/h4-12,24,29H,13-16H2,1-3H3/t24-/m1/s1. The maximum absolute atomic E-state index is 13.3. The average Bonchev–Trinajstić information content (AvgIpc) is 2.76. The maximum Gasteiger partial charge on any atom is 0.336 e. The van der Waals surface area contributed by atoms with Crippen LogP contribution in [0.3, 0.4) is 0 Å². The molecule has 2 aromatic carbocycles. The van der Waals surface area contributed by atoms with E-state index < -0.39 is 11.9 Å². The number of carbonyl (C=O) groups excluding carboxylic acids is 2. The topological polar surface area (TPSA) is 64.6 Å². The van der Waals surface area contributed by atoms with Gasteiger partial charge in [0, 0.05) is 34.3 Å². The molecule has 2 aliphatic rings. The molecule has 0 unspecified atom stereocenters. The summed E-state index contributed by atoms with van der Waals surface area (Å²) in [5.41, 5.74) is 3.39. The minimum absolute atomic E-state index is 0.0545. The molecule has 0 bridgehead atoms. The number of allylic oxidation sites excluding steroid dienone is 3. The van der Waals surface area contributed by atoms with E-state index in [0.717, 1.165) is 17.7 Å². The Hall–Kier alpha value is -3.05. The highest BCUT2D eigenvalue weighted by Crippen LogP contribution is 2.46. The van der Waals surface area contributed by atoms with E-state index >= 15 is 0 Å². The molecular weight excluding hydrogens is 438 g/mol. The Morgan fingerprint density at radius 2 is 1.76 bits per heavy atom. The summed E-state index contributed by atoms with van der Waals surface area (Å²) in [6.45, 7) is 6.37. The molecule has 1 aliphatic heterocycles. The fraction of sp³-hybridized carbons (Fsp3) is 0.333. The predicted octanol–water partition coefficient (Wildman–Crippen LogP) is 5.57. The van der Waals surface area contributed by atoms with Crippen LogP contribution in [-0.4, -0.2) is 25.0 Å². The minimum atomic E-state index is -0.496. The summed E-state index contributed by atoms with van der Waals surface area (Å²) >= 11 is 6.11. The molecule has 1 aliphatic carbocycles. The fourth-order valence-corrected chi connectivity index (χ4v) is 4.71. The van der Waals surface area contributed by atoms with Crippen molar-refractivity contribution in [2.45, 2.75) is 39.5 Å². The zero-order valence-electron chi connectivity index (χ0n) is 19.1. The first-order valence-corrected chi connectivity index (χ1v) is 11.5. The second-order valence-corrected chi connectivity index (χ2v) is 9.72. The number of Topliss-reactive ketones (excluding diaryl/α,β-unsaturated/α-hetero) is 1. The summed E-state index contributed by atoms with van der Waals surface area (Å²) in [7, 11) is 0. The molecule has 33 heavy (non-hydrogen) atoms. The van der Waals surface area contributed by atoms with Crippen molar-refractivity contribution in [3.05, 3.63) is 87.7 Å². The van der Waals surface area contributed by atoms with Crippen molar-refractivity contribution in [1.29, 1.82) is 0 Å².